The number of ether oxygens (including phenoxy) is 2. The van der Waals surface area contributed by atoms with E-state index < -0.39 is 6.10 Å². The van der Waals surface area contributed by atoms with Crippen LogP contribution in [0.3, 0.4) is 0 Å². The number of likely N-dealkylation sites (tertiary alicyclic amines) is 1. The molecule has 1 fully saturated rings. The quantitative estimate of drug-likeness (QED) is 0.678. The van der Waals surface area contributed by atoms with Crippen molar-refractivity contribution < 1.29 is 14.6 Å². The summed E-state index contributed by atoms with van der Waals surface area (Å²) in [6.07, 6.45) is 1.36. The Morgan fingerprint density at radius 2 is 1.96 bits per heavy atom. The van der Waals surface area contributed by atoms with Gasteiger partial charge in [0.05, 0.1) is 13.2 Å². The van der Waals surface area contributed by atoms with E-state index in [1.54, 1.807) is 7.11 Å². The Balaban J connectivity index is 1.89. The molecule has 1 saturated heterocycles. The zero-order valence-electron chi connectivity index (χ0n) is 16.9. The summed E-state index contributed by atoms with van der Waals surface area (Å²) >= 11 is 0. The third kappa shape index (κ3) is 6.69. The highest BCUT2D eigenvalue weighted by Gasteiger charge is 2.19. The lowest BCUT2D eigenvalue weighted by molar-refractivity contribution is 0.0705. The molecular formula is C21H33N3O3. The lowest BCUT2D eigenvalue weighted by Crippen LogP contribution is -2.35. The van der Waals surface area contributed by atoms with Crippen LogP contribution in [0.15, 0.2) is 18.2 Å². The topological polar surface area (TPSA) is 69.0 Å². The van der Waals surface area contributed by atoms with Gasteiger partial charge in [-0.1, -0.05) is 19.9 Å². The molecule has 6 nitrogen and oxygen atoms in total. The van der Waals surface area contributed by atoms with Crippen molar-refractivity contribution in [2.75, 3.05) is 46.4 Å². The molecule has 1 aromatic carbocycles. The standard InChI is InChI=1S/C21H33N3O3/c1-4-23(5-2)15-19(25)16-27-20-7-6-18(12-21(20)26-3)14-24-10-8-17(13-22)9-11-24/h6-7,12,17,19,25H,4-5,8-11,14-16H2,1-3H3. The van der Waals surface area contributed by atoms with Crippen LogP contribution in [0.2, 0.25) is 0 Å². The number of benzene rings is 1. The summed E-state index contributed by atoms with van der Waals surface area (Å²) in [7, 11) is 1.64. The van der Waals surface area contributed by atoms with Gasteiger partial charge < -0.3 is 19.5 Å². The number of piperidine rings is 1. The van der Waals surface area contributed by atoms with Crippen molar-refractivity contribution in [3.05, 3.63) is 23.8 Å². The normalized spacial score (nSPS) is 16.9. The molecule has 0 saturated carbocycles. The van der Waals surface area contributed by atoms with Crippen LogP contribution >= 0.6 is 0 Å². The van der Waals surface area contributed by atoms with E-state index in [-0.39, 0.29) is 12.5 Å². The SMILES string of the molecule is CCN(CC)CC(O)COc1ccc(CN2CCC(C#N)CC2)cc1OC. The van der Waals surface area contributed by atoms with Crippen molar-refractivity contribution >= 4 is 0 Å². The number of rotatable bonds is 10. The summed E-state index contributed by atoms with van der Waals surface area (Å²) in [6, 6.07) is 8.34. The van der Waals surface area contributed by atoms with Crippen molar-refractivity contribution in [1.29, 1.82) is 5.26 Å². The first-order valence-corrected chi connectivity index (χ1v) is 9.91. The molecule has 6 heteroatoms. The second-order valence-electron chi connectivity index (χ2n) is 7.12. The number of methoxy groups -OCH3 is 1. The molecule has 1 aromatic rings. The molecule has 0 spiro atoms. The van der Waals surface area contributed by atoms with Crippen molar-refractivity contribution in [3.63, 3.8) is 0 Å². The summed E-state index contributed by atoms with van der Waals surface area (Å²) < 4.78 is 11.3. The fourth-order valence-corrected chi connectivity index (χ4v) is 3.43. The first kappa shape index (κ1) is 21.5. The Labute approximate surface area is 163 Å². The molecule has 0 aromatic heterocycles. The van der Waals surface area contributed by atoms with Crippen LogP contribution in [-0.4, -0.2) is 67.5 Å². The van der Waals surface area contributed by atoms with Gasteiger partial charge in [0, 0.05) is 19.0 Å². The number of aliphatic hydroxyl groups is 1. The van der Waals surface area contributed by atoms with Crippen LogP contribution in [0.5, 0.6) is 11.5 Å². The van der Waals surface area contributed by atoms with E-state index in [9.17, 15) is 5.11 Å². The second-order valence-corrected chi connectivity index (χ2v) is 7.12. The van der Waals surface area contributed by atoms with Crippen molar-refractivity contribution in [3.8, 4) is 17.6 Å². The van der Waals surface area contributed by atoms with Crippen LogP contribution in [0.25, 0.3) is 0 Å². The number of aliphatic hydroxyl groups excluding tert-OH is 1. The van der Waals surface area contributed by atoms with Gasteiger partial charge in [-0.25, -0.2) is 0 Å². The molecule has 1 N–H and O–H groups in total. The van der Waals surface area contributed by atoms with Gasteiger partial charge in [-0.3, -0.25) is 4.90 Å². The summed E-state index contributed by atoms with van der Waals surface area (Å²) in [5.74, 6) is 1.55. The molecule has 0 aliphatic carbocycles. The van der Waals surface area contributed by atoms with E-state index in [0.717, 1.165) is 45.6 Å². The van der Waals surface area contributed by atoms with E-state index in [4.69, 9.17) is 14.7 Å². The monoisotopic (exact) mass is 375 g/mol. The van der Waals surface area contributed by atoms with E-state index in [1.807, 2.05) is 18.2 Å². The maximum Gasteiger partial charge on any atom is 0.161 e. The van der Waals surface area contributed by atoms with Gasteiger partial charge in [0.25, 0.3) is 0 Å². The third-order valence-electron chi connectivity index (χ3n) is 5.20. The molecule has 150 valence electrons. The smallest absolute Gasteiger partial charge is 0.161 e. The summed E-state index contributed by atoms with van der Waals surface area (Å²) in [5, 5.41) is 19.2. The van der Waals surface area contributed by atoms with Crippen molar-refractivity contribution in [2.45, 2.75) is 39.3 Å². The highest BCUT2D eigenvalue weighted by Crippen LogP contribution is 2.29. The van der Waals surface area contributed by atoms with E-state index >= 15 is 0 Å². The molecule has 2 rings (SSSR count). The Morgan fingerprint density at radius 1 is 1.26 bits per heavy atom. The number of likely N-dealkylation sites (N-methyl/N-ethyl adjacent to an activating group) is 1. The molecule has 1 atom stereocenters. The maximum absolute atomic E-state index is 10.2. The van der Waals surface area contributed by atoms with Gasteiger partial charge in [0.2, 0.25) is 0 Å². The Kier molecular flexibility index (Phi) is 8.86. The van der Waals surface area contributed by atoms with E-state index in [1.165, 1.54) is 5.56 Å². The summed E-state index contributed by atoms with van der Waals surface area (Å²) in [4.78, 5) is 4.54. The Bertz CT molecular complexity index is 605. The predicted molar refractivity (Wildman–Crippen MR) is 106 cm³/mol. The number of hydrogen-bond donors (Lipinski definition) is 1. The molecule has 1 unspecified atom stereocenters. The van der Waals surface area contributed by atoms with Crippen molar-refractivity contribution in [1.82, 2.24) is 9.80 Å². The van der Waals surface area contributed by atoms with Gasteiger partial charge in [-0.15, -0.1) is 0 Å². The molecule has 0 amide bonds. The highest BCUT2D eigenvalue weighted by atomic mass is 16.5. The zero-order valence-corrected chi connectivity index (χ0v) is 16.9. The zero-order chi connectivity index (χ0) is 19.6. The first-order valence-electron chi connectivity index (χ1n) is 9.91. The lowest BCUT2D eigenvalue weighted by Gasteiger charge is -2.29. The second kappa shape index (κ2) is 11.1. The maximum atomic E-state index is 10.2. The lowest BCUT2D eigenvalue weighted by atomic mass is 9.98. The van der Waals surface area contributed by atoms with Gasteiger partial charge in [0.15, 0.2) is 11.5 Å². The van der Waals surface area contributed by atoms with Gasteiger partial charge >= 0.3 is 0 Å². The minimum Gasteiger partial charge on any atom is -0.493 e. The number of nitrogens with zero attached hydrogens (tertiary/aromatic N) is 3. The fourth-order valence-electron chi connectivity index (χ4n) is 3.43. The molecule has 27 heavy (non-hydrogen) atoms. The average Bonchev–Trinajstić information content (AvgIpc) is 2.71. The third-order valence-corrected chi connectivity index (χ3v) is 5.20. The predicted octanol–water partition coefficient (Wildman–Crippen LogP) is 2.51. The van der Waals surface area contributed by atoms with Crippen LogP contribution in [0.1, 0.15) is 32.3 Å². The molecule has 1 aliphatic rings. The minimum absolute atomic E-state index is 0.203. The molecule has 0 radical (unpaired) electrons. The summed E-state index contributed by atoms with van der Waals surface area (Å²) in [6.45, 7) is 9.60. The molecular weight excluding hydrogens is 342 g/mol. The van der Waals surface area contributed by atoms with Crippen LogP contribution in [0, 0.1) is 17.2 Å². The number of nitriles is 1. The first-order chi connectivity index (χ1) is 13.1. The Morgan fingerprint density at radius 3 is 2.56 bits per heavy atom. The largest absolute Gasteiger partial charge is 0.493 e. The highest BCUT2D eigenvalue weighted by molar-refractivity contribution is 5.43. The summed E-state index contributed by atoms with van der Waals surface area (Å²) in [5.41, 5.74) is 1.17. The fraction of sp³-hybridized carbons (Fsp3) is 0.667. The molecule has 0 bridgehead atoms. The molecule has 1 aliphatic heterocycles. The molecule has 1 heterocycles. The average molecular weight is 376 g/mol. The van der Waals surface area contributed by atoms with Crippen LogP contribution in [-0.2, 0) is 6.54 Å². The van der Waals surface area contributed by atoms with Gasteiger partial charge in [-0.05, 0) is 56.7 Å². The van der Waals surface area contributed by atoms with Gasteiger partial charge in [0.1, 0.15) is 12.7 Å². The van der Waals surface area contributed by atoms with Gasteiger partial charge in [-0.2, -0.15) is 5.26 Å². The van der Waals surface area contributed by atoms with E-state index in [0.29, 0.717) is 18.0 Å². The minimum atomic E-state index is -0.532. The van der Waals surface area contributed by atoms with E-state index in [2.05, 4.69) is 29.7 Å². The van der Waals surface area contributed by atoms with Crippen LogP contribution < -0.4 is 9.47 Å². The van der Waals surface area contributed by atoms with Crippen molar-refractivity contribution in [2.24, 2.45) is 5.92 Å². The van der Waals surface area contributed by atoms with Crippen LogP contribution in [0.4, 0.5) is 0 Å². The Hall–Kier alpha value is -1.81. The number of hydrogen-bond acceptors (Lipinski definition) is 6.